The van der Waals surface area contributed by atoms with Crippen molar-refractivity contribution in [3.05, 3.63) is 6.26 Å². The van der Waals surface area contributed by atoms with Gasteiger partial charge in [0.1, 0.15) is 6.26 Å². The topological polar surface area (TPSA) is 26.0 Å². The molecule has 0 N–H and O–H groups in total. The van der Waals surface area contributed by atoms with Crippen LogP contribution in [0.4, 0.5) is 0 Å². The molecule has 4 heteroatoms. The van der Waals surface area contributed by atoms with Crippen LogP contribution in [0.5, 0.6) is 0 Å². The predicted molar refractivity (Wildman–Crippen MR) is 67.7 cm³/mol. The Morgan fingerprint density at radius 1 is 1.00 bits per heavy atom. The molecule has 1 rings (SSSR count). The van der Waals surface area contributed by atoms with Crippen LogP contribution in [-0.4, -0.2) is 14.7 Å². The van der Waals surface area contributed by atoms with Gasteiger partial charge in [0, 0.05) is 9.49 Å². The lowest BCUT2D eigenvalue weighted by molar-refractivity contribution is 0.403. The van der Waals surface area contributed by atoms with Gasteiger partial charge < -0.3 is 4.52 Å². The van der Waals surface area contributed by atoms with Crippen molar-refractivity contribution in [1.82, 2.24) is 5.16 Å². The second-order valence-corrected chi connectivity index (χ2v) is 9.10. The predicted octanol–water partition coefficient (Wildman–Crippen LogP) is 4.46. The molecular formula is C11H19NOS2. The summed E-state index contributed by atoms with van der Waals surface area (Å²) in [7, 11) is 0. The largest absolute Gasteiger partial charge is 0.362 e. The Morgan fingerprint density at radius 2 is 1.53 bits per heavy atom. The first-order valence-corrected chi connectivity index (χ1v) is 6.63. The minimum atomic E-state index is 0.171. The summed E-state index contributed by atoms with van der Waals surface area (Å²) in [6.07, 6.45) is 1.74. The van der Waals surface area contributed by atoms with Crippen LogP contribution in [0.2, 0.25) is 0 Å². The van der Waals surface area contributed by atoms with Gasteiger partial charge in [-0.2, -0.15) is 0 Å². The van der Waals surface area contributed by atoms with Gasteiger partial charge in [-0.05, 0) is 0 Å². The lowest BCUT2D eigenvalue weighted by Crippen LogP contribution is -2.09. The molecule has 1 aromatic rings. The second kappa shape index (κ2) is 4.42. The molecule has 86 valence electrons. The zero-order valence-corrected chi connectivity index (χ0v) is 11.9. The molecule has 0 atom stereocenters. The van der Waals surface area contributed by atoms with Gasteiger partial charge in [-0.15, -0.1) is 11.8 Å². The highest BCUT2D eigenvalue weighted by molar-refractivity contribution is 8.03. The van der Waals surface area contributed by atoms with Crippen molar-refractivity contribution in [3.63, 3.8) is 0 Å². The van der Waals surface area contributed by atoms with E-state index in [0.717, 1.165) is 9.92 Å². The minimum Gasteiger partial charge on any atom is -0.362 e. The Bertz CT molecular complexity index is 290. The maximum atomic E-state index is 5.05. The molecule has 0 radical (unpaired) electrons. The third-order valence-electron chi connectivity index (χ3n) is 1.33. The van der Waals surface area contributed by atoms with Crippen molar-refractivity contribution in [2.75, 3.05) is 0 Å². The van der Waals surface area contributed by atoms with Crippen molar-refractivity contribution in [1.29, 1.82) is 0 Å². The van der Waals surface area contributed by atoms with Gasteiger partial charge in [-0.3, -0.25) is 0 Å². The zero-order chi connectivity index (χ0) is 11.7. The van der Waals surface area contributed by atoms with Gasteiger partial charge >= 0.3 is 0 Å². The summed E-state index contributed by atoms with van der Waals surface area (Å²) in [6.45, 7) is 13.1. The summed E-state index contributed by atoms with van der Waals surface area (Å²) < 4.78 is 5.41. The van der Waals surface area contributed by atoms with Gasteiger partial charge in [0.05, 0.1) is 4.90 Å². The van der Waals surface area contributed by atoms with Crippen molar-refractivity contribution in [3.8, 4) is 0 Å². The number of rotatable bonds is 2. The quantitative estimate of drug-likeness (QED) is 0.719. The number of hydrogen-bond acceptors (Lipinski definition) is 4. The average molecular weight is 245 g/mol. The van der Waals surface area contributed by atoms with Gasteiger partial charge in [-0.1, -0.05) is 58.5 Å². The van der Waals surface area contributed by atoms with E-state index in [0.29, 0.717) is 0 Å². The second-order valence-electron chi connectivity index (χ2n) is 5.41. The Morgan fingerprint density at radius 3 is 2.00 bits per heavy atom. The molecule has 1 heterocycles. The van der Waals surface area contributed by atoms with Crippen LogP contribution in [0.3, 0.4) is 0 Å². The Labute approximate surface area is 101 Å². The van der Waals surface area contributed by atoms with Crippen LogP contribution in [0.15, 0.2) is 20.7 Å². The Balaban J connectivity index is 2.79. The smallest absolute Gasteiger partial charge is 0.153 e. The van der Waals surface area contributed by atoms with E-state index in [1.165, 1.54) is 0 Å². The fraction of sp³-hybridized carbons (Fsp3) is 0.727. The molecule has 0 saturated heterocycles. The average Bonchev–Trinajstić information content (AvgIpc) is 2.29. The lowest BCUT2D eigenvalue weighted by atomic mass is 10.3. The summed E-state index contributed by atoms with van der Waals surface area (Å²) in [6, 6.07) is 0. The first kappa shape index (κ1) is 13.0. The fourth-order valence-electron chi connectivity index (χ4n) is 0.974. The Kier molecular flexibility index (Phi) is 3.82. The summed E-state index contributed by atoms with van der Waals surface area (Å²) in [5, 5.41) is 5.06. The van der Waals surface area contributed by atoms with Crippen molar-refractivity contribution >= 4 is 23.5 Å². The molecule has 15 heavy (non-hydrogen) atoms. The summed E-state index contributed by atoms with van der Waals surface area (Å²) in [4.78, 5) is 1.14. The molecular weight excluding hydrogens is 226 g/mol. The molecule has 0 amide bonds. The van der Waals surface area contributed by atoms with E-state index in [4.69, 9.17) is 4.52 Å². The van der Waals surface area contributed by atoms with E-state index in [1.807, 2.05) is 0 Å². The minimum absolute atomic E-state index is 0.171. The number of thioether (sulfide) groups is 2. The number of aromatic nitrogens is 1. The molecule has 0 fully saturated rings. The highest BCUT2D eigenvalue weighted by Gasteiger charge is 2.22. The zero-order valence-electron chi connectivity index (χ0n) is 10.2. The monoisotopic (exact) mass is 245 g/mol. The van der Waals surface area contributed by atoms with Crippen LogP contribution in [-0.2, 0) is 0 Å². The molecule has 0 aliphatic rings. The molecule has 0 aliphatic heterocycles. The molecule has 0 unspecified atom stereocenters. The Hall–Kier alpha value is -0.0900. The molecule has 2 nitrogen and oxygen atoms in total. The van der Waals surface area contributed by atoms with E-state index in [9.17, 15) is 0 Å². The van der Waals surface area contributed by atoms with Crippen molar-refractivity contribution < 1.29 is 4.52 Å². The molecule has 0 bridgehead atoms. The van der Waals surface area contributed by atoms with E-state index >= 15 is 0 Å². The summed E-state index contributed by atoms with van der Waals surface area (Å²) in [5.74, 6) is 0. The van der Waals surface area contributed by atoms with E-state index in [-0.39, 0.29) is 9.49 Å². The highest BCUT2D eigenvalue weighted by Crippen LogP contribution is 2.41. The van der Waals surface area contributed by atoms with Crippen molar-refractivity contribution in [2.24, 2.45) is 0 Å². The van der Waals surface area contributed by atoms with E-state index in [1.54, 1.807) is 29.8 Å². The third-order valence-corrected chi connectivity index (χ3v) is 3.68. The van der Waals surface area contributed by atoms with Gasteiger partial charge in [0.2, 0.25) is 0 Å². The third kappa shape index (κ3) is 4.98. The first-order valence-electron chi connectivity index (χ1n) is 5.00. The van der Waals surface area contributed by atoms with Crippen LogP contribution in [0.25, 0.3) is 0 Å². The number of nitrogens with zero attached hydrogens (tertiary/aromatic N) is 1. The normalized spacial score (nSPS) is 13.2. The molecule has 0 spiro atoms. The van der Waals surface area contributed by atoms with Gasteiger partial charge in [-0.25, -0.2) is 0 Å². The maximum absolute atomic E-state index is 5.05. The number of hydrogen-bond donors (Lipinski definition) is 0. The van der Waals surface area contributed by atoms with Crippen LogP contribution in [0, 0.1) is 0 Å². The highest BCUT2D eigenvalue weighted by atomic mass is 32.2. The molecule has 0 aliphatic carbocycles. The molecule has 0 aromatic carbocycles. The molecule has 1 aromatic heterocycles. The maximum Gasteiger partial charge on any atom is 0.153 e. The lowest BCUT2D eigenvalue weighted by Gasteiger charge is -2.19. The fourth-order valence-corrected chi connectivity index (χ4v) is 2.91. The van der Waals surface area contributed by atoms with Gasteiger partial charge in [0.25, 0.3) is 0 Å². The van der Waals surface area contributed by atoms with Crippen LogP contribution in [0.1, 0.15) is 41.5 Å². The summed E-state index contributed by atoms with van der Waals surface area (Å²) >= 11 is 3.55. The van der Waals surface area contributed by atoms with Crippen LogP contribution >= 0.6 is 23.5 Å². The van der Waals surface area contributed by atoms with E-state index < -0.39 is 0 Å². The SMILES string of the molecule is CC(C)(C)Sc1conc1SC(C)(C)C. The van der Waals surface area contributed by atoms with Gasteiger partial charge in [0.15, 0.2) is 5.03 Å². The summed E-state index contributed by atoms with van der Waals surface area (Å²) in [5.41, 5.74) is 0. The standard InChI is InChI=1S/C11H19NOS2/c1-10(2,3)14-8-7-13-12-9(8)15-11(4,5)6/h7H,1-6H3. The molecule has 0 saturated carbocycles. The van der Waals surface area contributed by atoms with Crippen molar-refractivity contribution in [2.45, 2.75) is 61.0 Å². The first-order chi connectivity index (χ1) is 6.67. The van der Waals surface area contributed by atoms with E-state index in [2.05, 4.69) is 46.7 Å². The van der Waals surface area contributed by atoms with Crippen LogP contribution < -0.4 is 0 Å².